The molecule has 162 valence electrons. The maximum Gasteiger partial charge on any atom is 0.273 e. The van der Waals surface area contributed by atoms with Crippen molar-refractivity contribution in [2.24, 2.45) is 5.73 Å². The number of carbonyl (C=O) groups excluding carboxylic acids is 1. The number of carbonyl (C=O) groups is 1. The largest absolute Gasteiger partial charge is 0.380 e. The molecule has 4 heterocycles. The van der Waals surface area contributed by atoms with E-state index in [9.17, 15) is 4.79 Å². The molecule has 2 atom stereocenters. The van der Waals surface area contributed by atoms with Gasteiger partial charge in [0.25, 0.3) is 5.91 Å². The predicted molar refractivity (Wildman–Crippen MR) is 114 cm³/mol. The lowest BCUT2D eigenvalue weighted by molar-refractivity contribution is -0.00228. The fraction of sp³-hybridized carbons (Fsp3) is 0.810. The molecule has 0 spiro atoms. The van der Waals surface area contributed by atoms with Gasteiger partial charge < -0.3 is 20.3 Å². The van der Waals surface area contributed by atoms with Crippen molar-refractivity contribution < 1.29 is 14.1 Å². The maximum atomic E-state index is 12.4. The second-order valence-electron chi connectivity index (χ2n) is 8.82. The summed E-state index contributed by atoms with van der Waals surface area (Å²) in [7, 11) is 0. The summed E-state index contributed by atoms with van der Waals surface area (Å²) in [6, 6.07) is 3.74. The van der Waals surface area contributed by atoms with E-state index in [0.717, 1.165) is 18.6 Å². The summed E-state index contributed by atoms with van der Waals surface area (Å²) in [5.41, 5.74) is 6.03. The lowest BCUT2D eigenvalue weighted by Gasteiger charge is -2.37. The molecule has 1 saturated carbocycles. The Balaban J connectivity index is 0.000000249. The van der Waals surface area contributed by atoms with Crippen LogP contribution >= 0.6 is 11.9 Å². The SMILES string of the molecule is CSN1C2CCC1CC(NC(=O)c1cc(C3COC3)on1)C2.NC1CCCCC1. The van der Waals surface area contributed by atoms with Crippen LogP contribution in [0.2, 0.25) is 0 Å². The number of nitrogens with one attached hydrogen (secondary N) is 1. The number of piperidine rings is 1. The van der Waals surface area contributed by atoms with E-state index in [1.807, 2.05) is 11.9 Å². The first-order valence-corrected chi connectivity index (χ1v) is 12.3. The second-order valence-corrected chi connectivity index (χ2v) is 9.60. The maximum absolute atomic E-state index is 12.4. The Morgan fingerprint density at radius 2 is 1.86 bits per heavy atom. The number of nitrogens with two attached hydrogens (primary N) is 1. The van der Waals surface area contributed by atoms with Crippen molar-refractivity contribution in [3.05, 3.63) is 17.5 Å². The summed E-state index contributed by atoms with van der Waals surface area (Å²) in [4.78, 5) is 12.4. The number of hydrogen-bond acceptors (Lipinski definition) is 7. The van der Waals surface area contributed by atoms with Gasteiger partial charge in [-0.15, -0.1) is 0 Å². The summed E-state index contributed by atoms with van der Waals surface area (Å²) in [6.45, 7) is 1.32. The van der Waals surface area contributed by atoms with Crippen LogP contribution in [0.1, 0.15) is 80.0 Å². The minimum atomic E-state index is -0.114. The zero-order chi connectivity index (χ0) is 20.2. The molecule has 3 aliphatic heterocycles. The zero-order valence-corrected chi connectivity index (χ0v) is 18.2. The third-order valence-electron chi connectivity index (χ3n) is 6.66. The van der Waals surface area contributed by atoms with E-state index in [1.54, 1.807) is 6.07 Å². The van der Waals surface area contributed by atoms with Crippen LogP contribution in [0, 0.1) is 0 Å². The summed E-state index contributed by atoms with van der Waals surface area (Å²) in [5.74, 6) is 0.903. The molecule has 29 heavy (non-hydrogen) atoms. The van der Waals surface area contributed by atoms with Crippen LogP contribution in [0.5, 0.6) is 0 Å². The molecule has 3 saturated heterocycles. The smallest absolute Gasteiger partial charge is 0.273 e. The Labute approximate surface area is 177 Å². The molecular formula is C21H34N4O3S. The molecule has 4 aliphatic rings. The average Bonchev–Trinajstić information content (AvgIpc) is 3.24. The molecule has 1 aromatic heterocycles. The predicted octanol–water partition coefficient (Wildman–Crippen LogP) is 3.07. The first-order chi connectivity index (χ1) is 14.1. The van der Waals surface area contributed by atoms with E-state index in [-0.39, 0.29) is 17.9 Å². The standard InChI is InChI=1S/C15H21N3O3S.C6H13N/c1-22-18-11-2-3-12(18)5-10(4-11)16-15(19)13-6-14(21-17-13)9-7-20-8-9;7-6-4-2-1-3-5-6/h6,9-12H,2-5,7-8H2,1H3,(H,16,19);6H,1-5,7H2. The molecule has 0 radical (unpaired) electrons. The van der Waals surface area contributed by atoms with Gasteiger partial charge in [0, 0.05) is 30.2 Å². The minimum absolute atomic E-state index is 0.114. The highest BCUT2D eigenvalue weighted by Crippen LogP contribution is 2.39. The lowest BCUT2D eigenvalue weighted by atomic mass is 9.97. The van der Waals surface area contributed by atoms with Gasteiger partial charge in [-0.05, 0) is 44.8 Å². The van der Waals surface area contributed by atoms with E-state index < -0.39 is 0 Å². The molecule has 2 bridgehead atoms. The molecule has 5 rings (SSSR count). The topological polar surface area (TPSA) is 93.6 Å². The van der Waals surface area contributed by atoms with Gasteiger partial charge >= 0.3 is 0 Å². The van der Waals surface area contributed by atoms with Gasteiger partial charge in [0.1, 0.15) is 5.76 Å². The van der Waals surface area contributed by atoms with Gasteiger partial charge in [0.2, 0.25) is 0 Å². The Morgan fingerprint density at radius 1 is 1.17 bits per heavy atom. The number of fused-ring (bicyclic) bond motifs is 2. The Morgan fingerprint density at radius 3 is 2.38 bits per heavy atom. The van der Waals surface area contributed by atoms with E-state index >= 15 is 0 Å². The molecular weight excluding hydrogens is 388 g/mol. The number of rotatable bonds is 4. The molecule has 0 aromatic carbocycles. The Hall–Kier alpha value is -1.09. The second kappa shape index (κ2) is 9.81. The van der Waals surface area contributed by atoms with Gasteiger partial charge in [-0.1, -0.05) is 36.4 Å². The monoisotopic (exact) mass is 422 g/mol. The number of ether oxygens (including phenoxy) is 1. The van der Waals surface area contributed by atoms with Gasteiger partial charge in [-0.3, -0.25) is 4.79 Å². The third kappa shape index (κ3) is 5.16. The fourth-order valence-electron chi connectivity index (χ4n) is 4.93. The van der Waals surface area contributed by atoms with Crippen LogP contribution in [0.4, 0.5) is 0 Å². The third-order valence-corrected chi connectivity index (χ3v) is 7.68. The van der Waals surface area contributed by atoms with E-state index in [0.29, 0.717) is 37.0 Å². The molecule has 8 heteroatoms. The first-order valence-electron chi connectivity index (χ1n) is 11.1. The molecule has 7 nitrogen and oxygen atoms in total. The number of aromatic nitrogens is 1. The lowest BCUT2D eigenvalue weighted by Crippen LogP contribution is -2.47. The van der Waals surface area contributed by atoms with Gasteiger partial charge in [0.05, 0.1) is 19.1 Å². The summed E-state index contributed by atoms with van der Waals surface area (Å²) < 4.78 is 12.9. The highest BCUT2D eigenvalue weighted by molar-refractivity contribution is 7.96. The van der Waals surface area contributed by atoms with Gasteiger partial charge in [-0.2, -0.15) is 0 Å². The van der Waals surface area contributed by atoms with Gasteiger partial charge in [-0.25, -0.2) is 4.31 Å². The summed E-state index contributed by atoms with van der Waals surface area (Å²) >= 11 is 1.84. The van der Waals surface area contributed by atoms with Crippen molar-refractivity contribution in [2.45, 2.75) is 87.9 Å². The number of nitrogens with zero attached hydrogens (tertiary/aromatic N) is 2. The van der Waals surface area contributed by atoms with Crippen LogP contribution in [-0.4, -0.2) is 59.0 Å². The fourth-order valence-corrected chi connectivity index (χ4v) is 5.91. The molecule has 1 aliphatic carbocycles. The van der Waals surface area contributed by atoms with Crippen LogP contribution < -0.4 is 11.1 Å². The highest BCUT2D eigenvalue weighted by atomic mass is 32.2. The molecule has 1 aromatic rings. The van der Waals surface area contributed by atoms with E-state index in [2.05, 4.69) is 21.0 Å². The number of amides is 1. The zero-order valence-electron chi connectivity index (χ0n) is 17.3. The van der Waals surface area contributed by atoms with Crippen molar-refractivity contribution >= 4 is 17.9 Å². The van der Waals surface area contributed by atoms with Crippen molar-refractivity contribution in [2.75, 3.05) is 19.5 Å². The molecule has 3 N–H and O–H groups in total. The van der Waals surface area contributed by atoms with Crippen molar-refractivity contribution in [1.82, 2.24) is 14.8 Å². The van der Waals surface area contributed by atoms with Crippen molar-refractivity contribution in [1.29, 1.82) is 0 Å². The van der Waals surface area contributed by atoms with Crippen molar-refractivity contribution in [3.63, 3.8) is 0 Å². The van der Waals surface area contributed by atoms with Gasteiger partial charge in [0.15, 0.2) is 5.69 Å². The Bertz CT molecular complexity index is 661. The first kappa shape index (κ1) is 21.2. The molecule has 2 unspecified atom stereocenters. The number of hydrogen-bond donors (Lipinski definition) is 2. The van der Waals surface area contributed by atoms with E-state index in [1.165, 1.54) is 44.9 Å². The summed E-state index contributed by atoms with van der Waals surface area (Å²) in [5, 5.41) is 7.05. The normalized spacial score (nSPS) is 30.3. The van der Waals surface area contributed by atoms with Crippen LogP contribution in [0.25, 0.3) is 0 Å². The van der Waals surface area contributed by atoms with Crippen LogP contribution in [0.15, 0.2) is 10.6 Å². The Kier molecular flexibility index (Phi) is 7.16. The summed E-state index contributed by atoms with van der Waals surface area (Å²) in [6.07, 6.45) is 13.4. The molecule has 4 fully saturated rings. The highest BCUT2D eigenvalue weighted by Gasteiger charge is 2.41. The van der Waals surface area contributed by atoms with Crippen LogP contribution in [-0.2, 0) is 4.74 Å². The van der Waals surface area contributed by atoms with Crippen molar-refractivity contribution in [3.8, 4) is 0 Å². The average molecular weight is 423 g/mol. The van der Waals surface area contributed by atoms with E-state index in [4.69, 9.17) is 15.0 Å². The minimum Gasteiger partial charge on any atom is -0.380 e. The quantitative estimate of drug-likeness (QED) is 0.720. The van der Waals surface area contributed by atoms with Crippen LogP contribution in [0.3, 0.4) is 0 Å². The molecule has 1 amide bonds.